The van der Waals surface area contributed by atoms with E-state index in [1.54, 1.807) is 7.11 Å². The Hall–Kier alpha value is -0.120. The fourth-order valence-corrected chi connectivity index (χ4v) is 0.553. The van der Waals surface area contributed by atoms with Crippen LogP contribution in [-0.2, 0) is 9.47 Å². The highest BCUT2D eigenvalue weighted by atomic mass is 16.7. The molecule has 1 saturated heterocycles. The normalized spacial score (nSPS) is 31.3. The standard InChI is InChI=1S/C4H9NO2/c1-6-4-5-2-3-7-4/h4-5H,2-3H2,1H3. The van der Waals surface area contributed by atoms with E-state index in [2.05, 4.69) is 5.32 Å². The lowest BCUT2D eigenvalue weighted by molar-refractivity contribution is -0.100. The molecular weight excluding hydrogens is 94.0 g/mol. The van der Waals surface area contributed by atoms with Crippen LogP contribution in [0.1, 0.15) is 0 Å². The summed E-state index contributed by atoms with van der Waals surface area (Å²) in [4.78, 5) is 0. The fourth-order valence-electron chi connectivity index (χ4n) is 0.553. The van der Waals surface area contributed by atoms with Crippen LogP contribution in [0.5, 0.6) is 0 Å². The summed E-state index contributed by atoms with van der Waals surface area (Å²) in [5.74, 6) is 0. The number of methoxy groups -OCH3 is 1. The highest BCUT2D eigenvalue weighted by Crippen LogP contribution is 1.92. The second-order valence-electron chi connectivity index (χ2n) is 1.39. The lowest BCUT2D eigenvalue weighted by atomic mass is 10.7. The van der Waals surface area contributed by atoms with Crippen molar-refractivity contribution in [3.8, 4) is 0 Å². The molecule has 1 aliphatic rings. The van der Waals surface area contributed by atoms with Crippen LogP contribution in [0.2, 0.25) is 0 Å². The molecule has 1 unspecified atom stereocenters. The maximum atomic E-state index is 4.97. The van der Waals surface area contributed by atoms with Gasteiger partial charge in [-0.3, -0.25) is 5.32 Å². The highest BCUT2D eigenvalue weighted by molar-refractivity contribution is 4.50. The van der Waals surface area contributed by atoms with E-state index in [1.807, 2.05) is 0 Å². The Balaban J connectivity index is 2.14. The van der Waals surface area contributed by atoms with Crippen LogP contribution in [0, 0.1) is 0 Å². The first-order valence-electron chi connectivity index (χ1n) is 2.31. The summed E-state index contributed by atoms with van der Waals surface area (Å²) in [6.07, 6.45) is -0.153. The summed E-state index contributed by atoms with van der Waals surface area (Å²) in [6.45, 7) is 1.66. The smallest absolute Gasteiger partial charge is 0.215 e. The van der Waals surface area contributed by atoms with Crippen molar-refractivity contribution in [2.24, 2.45) is 0 Å². The molecule has 0 saturated carbocycles. The Morgan fingerprint density at radius 2 is 2.71 bits per heavy atom. The lowest BCUT2D eigenvalue weighted by Gasteiger charge is -2.03. The maximum Gasteiger partial charge on any atom is 0.215 e. The third-order valence-electron chi connectivity index (χ3n) is 0.896. The first-order valence-corrected chi connectivity index (χ1v) is 2.31. The van der Waals surface area contributed by atoms with Crippen molar-refractivity contribution >= 4 is 0 Å². The second kappa shape index (κ2) is 2.26. The zero-order valence-corrected chi connectivity index (χ0v) is 4.31. The van der Waals surface area contributed by atoms with Gasteiger partial charge in [0, 0.05) is 13.7 Å². The average Bonchev–Trinajstić information content (AvgIpc) is 2.14. The largest absolute Gasteiger partial charge is 0.343 e. The van der Waals surface area contributed by atoms with Gasteiger partial charge in [0.05, 0.1) is 6.61 Å². The SMILES string of the molecule is COC1NCCO1. The van der Waals surface area contributed by atoms with E-state index in [4.69, 9.17) is 9.47 Å². The monoisotopic (exact) mass is 103 g/mol. The number of hydrogen-bond donors (Lipinski definition) is 1. The Morgan fingerprint density at radius 3 is 3.00 bits per heavy atom. The van der Waals surface area contributed by atoms with Crippen molar-refractivity contribution < 1.29 is 9.47 Å². The summed E-state index contributed by atoms with van der Waals surface area (Å²) < 4.78 is 9.75. The summed E-state index contributed by atoms with van der Waals surface area (Å²) in [5, 5.41) is 2.96. The molecule has 1 N–H and O–H groups in total. The van der Waals surface area contributed by atoms with Gasteiger partial charge in [-0.25, -0.2) is 0 Å². The van der Waals surface area contributed by atoms with Gasteiger partial charge < -0.3 is 9.47 Å². The van der Waals surface area contributed by atoms with Gasteiger partial charge in [-0.1, -0.05) is 0 Å². The molecule has 3 nitrogen and oxygen atoms in total. The molecule has 42 valence electrons. The molecule has 0 amide bonds. The predicted octanol–water partition coefficient (Wildman–Crippen LogP) is -0.464. The lowest BCUT2D eigenvalue weighted by Crippen LogP contribution is -2.23. The Kier molecular flexibility index (Phi) is 1.62. The van der Waals surface area contributed by atoms with Gasteiger partial charge in [-0.15, -0.1) is 0 Å². The van der Waals surface area contributed by atoms with Crippen LogP contribution < -0.4 is 5.32 Å². The van der Waals surface area contributed by atoms with E-state index < -0.39 is 0 Å². The zero-order valence-electron chi connectivity index (χ0n) is 4.31. The molecule has 1 aliphatic heterocycles. The van der Waals surface area contributed by atoms with Crippen LogP contribution >= 0.6 is 0 Å². The molecule has 0 spiro atoms. The zero-order chi connectivity index (χ0) is 5.11. The number of ether oxygens (including phenoxy) is 2. The van der Waals surface area contributed by atoms with Gasteiger partial charge in [-0.2, -0.15) is 0 Å². The van der Waals surface area contributed by atoms with Crippen LogP contribution in [0.4, 0.5) is 0 Å². The summed E-state index contributed by atoms with van der Waals surface area (Å²) in [7, 11) is 1.61. The molecule has 7 heavy (non-hydrogen) atoms. The predicted molar refractivity (Wildman–Crippen MR) is 24.8 cm³/mol. The Labute approximate surface area is 42.6 Å². The van der Waals surface area contributed by atoms with Crippen LogP contribution in [0.25, 0.3) is 0 Å². The van der Waals surface area contributed by atoms with Gasteiger partial charge in [0.15, 0.2) is 0 Å². The van der Waals surface area contributed by atoms with Gasteiger partial charge in [0.2, 0.25) is 6.41 Å². The molecule has 0 aromatic heterocycles. The molecule has 3 heteroatoms. The molecule has 1 heterocycles. The van der Waals surface area contributed by atoms with E-state index in [9.17, 15) is 0 Å². The second-order valence-corrected chi connectivity index (χ2v) is 1.39. The molecule has 0 aromatic carbocycles. The Bertz CT molecular complexity index is 51.7. The van der Waals surface area contributed by atoms with Crippen molar-refractivity contribution in [3.63, 3.8) is 0 Å². The number of nitrogens with one attached hydrogen (secondary N) is 1. The minimum Gasteiger partial charge on any atom is -0.343 e. The molecular formula is C4H9NO2. The van der Waals surface area contributed by atoms with Crippen molar-refractivity contribution in [1.29, 1.82) is 0 Å². The van der Waals surface area contributed by atoms with E-state index in [0.717, 1.165) is 13.2 Å². The summed E-state index contributed by atoms with van der Waals surface area (Å²) in [5.41, 5.74) is 0. The van der Waals surface area contributed by atoms with Crippen LogP contribution in [-0.4, -0.2) is 26.7 Å². The van der Waals surface area contributed by atoms with Crippen molar-refractivity contribution in [2.45, 2.75) is 6.41 Å². The first-order chi connectivity index (χ1) is 3.43. The van der Waals surface area contributed by atoms with E-state index in [1.165, 1.54) is 0 Å². The molecule has 1 rings (SSSR count). The highest BCUT2D eigenvalue weighted by Gasteiger charge is 2.10. The molecule has 0 radical (unpaired) electrons. The average molecular weight is 103 g/mol. The third kappa shape index (κ3) is 1.12. The molecule has 1 fully saturated rings. The van der Waals surface area contributed by atoms with Gasteiger partial charge >= 0.3 is 0 Å². The van der Waals surface area contributed by atoms with E-state index >= 15 is 0 Å². The quantitative estimate of drug-likeness (QED) is 0.487. The Morgan fingerprint density at radius 1 is 1.86 bits per heavy atom. The summed E-state index contributed by atoms with van der Waals surface area (Å²) in [6, 6.07) is 0. The van der Waals surface area contributed by atoms with Crippen molar-refractivity contribution in [2.75, 3.05) is 20.3 Å². The van der Waals surface area contributed by atoms with Crippen LogP contribution in [0.15, 0.2) is 0 Å². The molecule has 0 bridgehead atoms. The van der Waals surface area contributed by atoms with Crippen LogP contribution in [0.3, 0.4) is 0 Å². The number of rotatable bonds is 1. The van der Waals surface area contributed by atoms with Crippen molar-refractivity contribution in [3.05, 3.63) is 0 Å². The van der Waals surface area contributed by atoms with Gasteiger partial charge in [0.25, 0.3) is 0 Å². The third-order valence-corrected chi connectivity index (χ3v) is 0.896. The minimum atomic E-state index is -0.153. The topological polar surface area (TPSA) is 30.5 Å². The number of hydrogen-bond acceptors (Lipinski definition) is 3. The van der Waals surface area contributed by atoms with E-state index in [-0.39, 0.29) is 6.41 Å². The minimum absolute atomic E-state index is 0.153. The molecule has 0 aromatic rings. The van der Waals surface area contributed by atoms with Gasteiger partial charge in [0.1, 0.15) is 0 Å². The molecule has 1 atom stereocenters. The van der Waals surface area contributed by atoms with Gasteiger partial charge in [-0.05, 0) is 0 Å². The van der Waals surface area contributed by atoms with E-state index in [0.29, 0.717) is 0 Å². The fraction of sp³-hybridized carbons (Fsp3) is 1.00. The maximum absolute atomic E-state index is 4.97. The summed E-state index contributed by atoms with van der Waals surface area (Å²) >= 11 is 0. The first kappa shape index (κ1) is 5.03. The molecule has 0 aliphatic carbocycles. The van der Waals surface area contributed by atoms with Crippen molar-refractivity contribution in [1.82, 2.24) is 5.32 Å².